The van der Waals surface area contributed by atoms with E-state index in [2.05, 4.69) is 17.6 Å². The average Bonchev–Trinajstić information content (AvgIpc) is 2.75. The number of carbonyl (C=O) groups is 3. The number of nitrogens with one attached hydrogen (secondary N) is 2. The number of hydrogen-bond donors (Lipinski definition) is 2. The third-order valence-corrected chi connectivity index (χ3v) is 5.71. The van der Waals surface area contributed by atoms with Gasteiger partial charge in [-0.3, -0.25) is 14.5 Å². The summed E-state index contributed by atoms with van der Waals surface area (Å²) in [5.41, 5.74) is -0.742. The Morgan fingerprint density at radius 3 is 2.57 bits per heavy atom. The second-order valence-corrected chi connectivity index (χ2v) is 7.40. The Bertz CT molecular complexity index is 499. The lowest BCUT2D eigenvalue weighted by Gasteiger charge is -2.31. The molecule has 2 aliphatic carbocycles. The van der Waals surface area contributed by atoms with Crippen LogP contribution in [0.4, 0.5) is 4.79 Å². The largest absolute Gasteiger partial charge is 0.352 e. The van der Waals surface area contributed by atoms with Crippen LogP contribution in [0.15, 0.2) is 0 Å². The van der Waals surface area contributed by atoms with Crippen molar-refractivity contribution in [3.63, 3.8) is 0 Å². The number of amides is 4. The summed E-state index contributed by atoms with van der Waals surface area (Å²) in [5, 5.41) is 5.86. The molecular weight excluding hydrogens is 294 g/mol. The molecular formula is C17H27N3O3. The molecule has 6 nitrogen and oxygen atoms in total. The molecule has 0 unspecified atom stereocenters. The third-order valence-electron chi connectivity index (χ3n) is 5.71. The van der Waals surface area contributed by atoms with Gasteiger partial charge in [-0.1, -0.05) is 39.0 Å². The molecule has 128 valence electrons. The van der Waals surface area contributed by atoms with Crippen molar-refractivity contribution in [3.8, 4) is 0 Å². The van der Waals surface area contributed by atoms with Crippen molar-refractivity contribution in [2.24, 2.45) is 5.92 Å². The fourth-order valence-corrected chi connectivity index (χ4v) is 4.24. The predicted octanol–water partition coefficient (Wildman–Crippen LogP) is 1.94. The van der Waals surface area contributed by atoms with Crippen molar-refractivity contribution in [1.82, 2.24) is 15.5 Å². The Morgan fingerprint density at radius 2 is 1.87 bits per heavy atom. The summed E-state index contributed by atoms with van der Waals surface area (Å²) < 4.78 is 0. The average molecular weight is 321 g/mol. The first-order chi connectivity index (χ1) is 11.0. The van der Waals surface area contributed by atoms with E-state index in [-0.39, 0.29) is 24.4 Å². The molecule has 1 heterocycles. The van der Waals surface area contributed by atoms with Crippen LogP contribution < -0.4 is 10.6 Å². The van der Waals surface area contributed by atoms with Crippen molar-refractivity contribution in [2.75, 3.05) is 6.54 Å². The SMILES string of the molecule is C[C@@H]1CCCC[C@@H]1NC(=O)CN1C(=O)NC2(CCCCC2)C1=O. The van der Waals surface area contributed by atoms with Crippen LogP contribution in [0, 0.1) is 5.92 Å². The maximum Gasteiger partial charge on any atom is 0.325 e. The number of urea groups is 1. The zero-order valence-electron chi connectivity index (χ0n) is 13.9. The minimum atomic E-state index is -0.742. The van der Waals surface area contributed by atoms with Gasteiger partial charge < -0.3 is 10.6 Å². The molecule has 2 atom stereocenters. The molecule has 3 aliphatic rings. The zero-order valence-corrected chi connectivity index (χ0v) is 13.9. The smallest absolute Gasteiger partial charge is 0.325 e. The van der Waals surface area contributed by atoms with Gasteiger partial charge in [0.15, 0.2) is 0 Å². The number of imide groups is 1. The van der Waals surface area contributed by atoms with E-state index >= 15 is 0 Å². The van der Waals surface area contributed by atoms with Gasteiger partial charge in [-0.05, 0) is 31.6 Å². The Balaban J connectivity index is 1.59. The maximum absolute atomic E-state index is 12.6. The first-order valence-corrected chi connectivity index (χ1v) is 8.95. The zero-order chi connectivity index (χ0) is 16.4. The van der Waals surface area contributed by atoms with Gasteiger partial charge in [0.1, 0.15) is 12.1 Å². The number of nitrogens with zero attached hydrogens (tertiary/aromatic N) is 1. The quantitative estimate of drug-likeness (QED) is 0.780. The third kappa shape index (κ3) is 3.21. The van der Waals surface area contributed by atoms with Crippen LogP contribution in [0.5, 0.6) is 0 Å². The fraction of sp³-hybridized carbons (Fsp3) is 0.824. The van der Waals surface area contributed by atoms with Crippen molar-refractivity contribution < 1.29 is 14.4 Å². The van der Waals surface area contributed by atoms with Gasteiger partial charge in [0.05, 0.1) is 0 Å². The van der Waals surface area contributed by atoms with E-state index in [1.165, 1.54) is 6.42 Å². The summed E-state index contributed by atoms with van der Waals surface area (Å²) in [5.74, 6) is 0.0228. The molecule has 1 spiro atoms. The molecule has 0 aromatic heterocycles. The van der Waals surface area contributed by atoms with Gasteiger partial charge in [-0.15, -0.1) is 0 Å². The van der Waals surface area contributed by atoms with Crippen molar-refractivity contribution in [2.45, 2.75) is 76.3 Å². The minimum Gasteiger partial charge on any atom is -0.352 e. The van der Waals surface area contributed by atoms with Gasteiger partial charge in [0.2, 0.25) is 5.91 Å². The van der Waals surface area contributed by atoms with E-state index in [0.29, 0.717) is 18.8 Å². The molecule has 0 radical (unpaired) electrons. The molecule has 6 heteroatoms. The second-order valence-electron chi connectivity index (χ2n) is 7.40. The Morgan fingerprint density at radius 1 is 1.17 bits per heavy atom. The number of rotatable bonds is 3. The molecule has 2 saturated carbocycles. The van der Waals surface area contributed by atoms with Crippen molar-refractivity contribution >= 4 is 17.8 Å². The summed E-state index contributed by atoms with van der Waals surface area (Å²) in [7, 11) is 0. The summed E-state index contributed by atoms with van der Waals surface area (Å²) in [6, 6.07) is -0.246. The lowest BCUT2D eigenvalue weighted by Crippen LogP contribution is -2.50. The van der Waals surface area contributed by atoms with Crippen molar-refractivity contribution in [3.05, 3.63) is 0 Å². The van der Waals surface area contributed by atoms with Gasteiger partial charge in [-0.2, -0.15) is 0 Å². The van der Waals surface area contributed by atoms with E-state index < -0.39 is 11.6 Å². The summed E-state index contributed by atoms with van der Waals surface area (Å²) in [6.07, 6.45) is 8.83. The first kappa shape index (κ1) is 16.3. The van der Waals surface area contributed by atoms with Gasteiger partial charge in [-0.25, -0.2) is 4.79 Å². The predicted molar refractivity (Wildman–Crippen MR) is 85.6 cm³/mol. The lowest BCUT2D eigenvalue weighted by atomic mass is 9.82. The highest BCUT2D eigenvalue weighted by Gasteiger charge is 2.51. The van der Waals surface area contributed by atoms with E-state index in [1.807, 2.05) is 0 Å². The molecule has 0 aromatic rings. The lowest BCUT2D eigenvalue weighted by molar-refractivity contribution is -0.136. The molecule has 4 amide bonds. The molecule has 23 heavy (non-hydrogen) atoms. The van der Waals surface area contributed by atoms with E-state index in [9.17, 15) is 14.4 Å². The highest BCUT2D eigenvalue weighted by molar-refractivity contribution is 6.09. The molecule has 1 saturated heterocycles. The normalized spacial score (nSPS) is 30.4. The summed E-state index contributed by atoms with van der Waals surface area (Å²) in [4.78, 5) is 38.2. The summed E-state index contributed by atoms with van der Waals surface area (Å²) in [6.45, 7) is 1.99. The van der Waals surface area contributed by atoms with Crippen molar-refractivity contribution in [1.29, 1.82) is 0 Å². The minimum absolute atomic E-state index is 0.157. The molecule has 2 N–H and O–H groups in total. The van der Waals surface area contributed by atoms with Crippen LogP contribution in [0.2, 0.25) is 0 Å². The summed E-state index contributed by atoms with van der Waals surface area (Å²) >= 11 is 0. The van der Waals surface area contributed by atoms with Gasteiger partial charge in [0.25, 0.3) is 5.91 Å². The van der Waals surface area contributed by atoms with Crippen LogP contribution in [0.3, 0.4) is 0 Å². The fourth-order valence-electron chi connectivity index (χ4n) is 4.24. The van der Waals surface area contributed by atoms with Gasteiger partial charge in [0, 0.05) is 6.04 Å². The van der Waals surface area contributed by atoms with E-state index in [4.69, 9.17) is 0 Å². The topological polar surface area (TPSA) is 78.5 Å². The van der Waals surface area contributed by atoms with Crippen LogP contribution in [0.25, 0.3) is 0 Å². The Hall–Kier alpha value is -1.59. The highest BCUT2D eigenvalue weighted by atomic mass is 16.2. The highest BCUT2D eigenvalue weighted by Crippen LogP contribution is 2.33. The first-order valence-electron chi connectivity index (χ1n) is 8.95. The molecule has 0 aromatic carbocycles. The van der Waals surface area contributed by atoms with Crippen LogP contribution in [-0.2, 0) is 9.59 Å². The second kappa shape index (κ2) is 6.49. The van der Waals surface area contributed by atoms with Gasteiger partial charge >= 0.3 is 6.03 Å². The van der Waals surface area contributed by atoms with E-state index in [1.54, 1.807) is 0 Å². The van der Waals surface area contributed by atoms with E-state index in [0.717, 1.165) is 43.4 Å². The number of carbonyl (C=O) groups excluding carboxylic acids is 3. The molecule has 0 bridgehead atoms. The molecule has 3 fully saturated rings. The Labute approximate surface area is 137 Å². The Kier molecular flexibility index (Phi) is 4.60. The van der Waals surface area contributed by atoms with Crippen LogP contribution in [0.1, 0.15) is 64.7 Å². The maximum atomic E-state index is 12.6. The monoisotopic (exact) mass is 321 g/mol. The molecule has 1 aliphatic heterocycles. The van der Waals surface area contributed by atoms with Crippen LogP contribution in [-0.4, -0.2) is 40.9 Å². The van der Waals surface area contributed by atoms with Crippen LogP contribution >= 0.6 is 0 Å². The molecule has 3 rings (SSSR count). The standard InChI is InChI=1S/C17H27N3O3/c1-12-7-3-4-8-13(12)18-14(21)11-20-15(22)17(19-16(20)23)9-5-2-6-10-17/h12-13H,2-11H2,1H3,(H,18,21)(H,19,23)/t12-,13+/m1/s1. The number of hydrogen-bond acceptors (Lipinski definition) is 3.